The highest BCUT2D eigenvalue weighted by Crippen LogP contribution is 2.14. The summed E-state index contributed by atoms with van der Waals surface area (Å²) < 4.78 is 4.89. The lowest BCUT2D eigenvalue weighted by atomic mass is 10.0. The van der Waals surface area contributed by atoms with Crippen LogP contribution in [-0.2, 0) is 20.7 Å². The Labute approximate surface area is 161 Å². The molecule has 2 aromatic carbocycles. The number of nitrogens with one attached hydrogen (secondary N) is 2. The predicted octanol–water partition coefficient (Wildman–Crippen LogP) is 3.41. The number of carbonyl (C=O) groups excluding carboxylic acids is 2. The number of ether oxygens (including phenoxy) is 1. The van der Waals surface area contributed by atoms with Crippen LogP contribution in [0.15, 0.2) is 60.7 Å². The number of para-hydroxylation sites is 1. The number of hydrogen-bond donors (Lipinski definition) is 2. The van der Waals surface area contributed by atoms with Crippen molar-refractivity contribution in [1.29, 1.82) is 0 Å². The van der Waals surface area contributed by atoms with E-state index in [1.807, 2.05) is 60.7 Å². The smallest absolute Gasteiger partial charge is 0.328 e. The van der Waals surface area contributed by atoms with Gasteiger partial charge in [0.1, 0.15) is 12.1 Å². The molecule has 0 aromatic heterocycles. The first-order valence-electron chi connectivity index (χ1n) is 9.23. The molecule has 2 N–H and O–H groups in total. The van der Waals surface area contributed by atoms with Crippen LogP contribution in [0.3, 0.4) is 0 Å². The van der Waals surface area contributed by atoms with Crippen LogP contribution in [0.2, 0.25) is 0 Å². The minimum absolute atomic E-state index is 0.209. The lowest BCUT2D eigenvalue weighted by Crippen LogP contribution is -2.49. The largest absolute Gasteiger partial charge is 0.467 e. The summed E-state index contributed by atoms with van der Waals surface area (Å²) in [6.07, 6.45) is 1.04. The molecule has 0 fully saturated rings. The molecule has 0 saturated carbocycles. The summed E-state index contributed by atoms with van der Waals surface area (Å²) in [5.41, 5.74) is 1.83. The van der Waals surface area contributed by atoms with Crippen LogP contribution >= 0.6 is 0 Å². The summed E-state index contributed by atoms with van der Waals surface area (Å²) in [5, 5.41) is 6.14. The van der Waals surface area contributed by atoms with Crippen molar-refractivity contribution in [2.45, 2.75) is 38.8 Å². The molecule has 27 heavy (non-hydrogen) atoms. The molecular weight excluding hydrogens is 340 g/mol. The molecule has 0 aliphatic rings. The highest BCUT2D eigenvalue weighted by Gasteiger charge is 2.27. The zero-order valence-electron chi connectivity index (χ0n) is 16.1. The van der Waals surface area contributed by atoms with Crippen molar-refractivity contribution < 1.29 is 14.3 Å². The molecule has 0 radical (unpaired) electrons. The molecule has 1 unspecified atom stereocenters. The normalized spacial score (nSPS) is 12.9. The monoisotopic (exact) mass is 368 g/mol. The third-order valence-corrected chi connectivity index (χ3v) is 4.22. The van der Waals surface area contributed by atoms with Crippen LogP contribution in [0.4, 0.5) is 5.69 Å². The average Bonchev–Trinajstić information content (AvgIpc) is 2.67. The van der Waals surface area contributed by atoms with Crippen molar-refractivity contribution in [3.8, 4) is 0 Å². The van der Waals surface area contributed by atoms with E-state index in [1.165, 1.54) is 7.11 Å². The number of carbonyl (C=O) groups is 2. The van der Waals surface area contributed by atoms with E-state index < -0.39 is 18.1 Å². The number of methoxy groups -OCH3 is 1. The van der Waals surface area contributed by atoms with Crippen molar-refractivity contribution in [3.05, 3.63) is 66.2 Å². The van der Waals surface area contributed by atoms with E-state index in [4.69, 9.17) is 4.74 Å². The molecule has 1 amide bonds. The topological polar surface area (TPSA) is 67.4 Å². The van der Waals surface area contributed by atoms with Crippen LogP contribution in [0.25, 0.3) is 0 Å². The van der Waals surface area contributed by atoms with Gasteiger partial charge in [-0.25, -0.2) is 4.79 Å². The summed E-state index contributed by atoms with van der Waals surface area (Å²) in [4.78, 5) is 25.1. The van der Waals surface area contributed by atoms with Crippen LogP contribution in [0.1, 0.15) is 25.8 Å². The molecule has 0 aliphatic heterocycles. The highest BCUT2D eigenvalue weighted by molar-refractivity contribution is 5.89. The van der Waals surface area contributed by atoms with Crippen LogP contribution < -0.4 is 10.6 Å². The molecular formula is C22H28N2O3. The van der Waals surface area contributed by atoms with Gasteiger partial charge in [0.2, 0.25) is 5.91 Å². The Bertz CT molecular complexity index is 717. The van der Waals surface area contributed by atoms with Gasteiger partial charge in [-0.05, 0) is 30.0 Å². The van der Waals surface area contributed by atoms with E-state index in [9.17, 15) is 9.59 Å². The second-order valence-corrected chi connectivity index (χ2v) is 6.97. The Balaban J connectivity index is 2.11. The first-order chi connectivity index (χ1) is 13.0. The van der Waals surface area contributed by atoms with E-state index in [2.05, 4.69) is 24.5 Å². The molecule has 2 atom stereocenters. The van der Waals surface area contributed by atoms with Gasteiger partial charge in [0.15, 0.2) is 0 Å². The molecule has 144 valence electrons. The summed E-state index contributed by atoms with van der Waals surface area (Å²) in [6.45, 7) is 4.13. The lowest BCUT2D eigenvalue weighted by molar-refractivity contribution is -0.145. The van der Waals surface area contributed by atoms with Crippen molar-refractivity contribution >= 4 is 17.6 Å². The first kappa shape index (κ1) is 20.5. The Hall–Kier alpha value is -2.82. The summed E-state index contributed by atoms with van der Waals surface area (Å²) in [5.74, 6) is -0.336. The summed E-state index contributed by atoms with van der Waals surface area (Å²) in [6, 6.07) is 18.0. The number of esters is 1. The van der Waals surface area contributed by atoms with E-state index in [0.29, 0.717) is 18.8 Å². The molecule has 5 nitrogen and oxygen atoms in total. The number of anilines is 1. The number of hydrogen-bond acceptors (Lipinski definition) is 4. The molecule has 0 bridgehead atoms. The SMILES string of the molecule is COC(=O)[C@H](Cc1ccccc1)NC(=O)C(CC(C)C)Nc1ccccc1. The average molecular weight is 368 g/mol. The van der Waals surface area contributed by atoms with Gasteiger partial charge in [0.05, 0.1) is 7.11 Å². The van der Waals surface area contributed by atoms with Crippen LogP contribution in [-0.4, -0.2) is 31.1 Å². The Kier molecular flexibility index (Phi) is 7.86. The molecule has 0 heterocycles. The zero-order valence-corrected chi connectivity index (χ0v) is 16.1. The highest BCUT2D eigenvalue weighted by atomic mass is 16.5. The van der Waals surface area contributed by atoms with E-state index in [1.54, 1.807) is 0 Å². The van der Waals surface area contributed by atoms with Crippen molar-refractivity contribution in [1.82, 2.24) is 5.32 Å². The van der Waals surface area contributed by atoms with Gasteiger partial charge in [0.25, 0.3) is 0 Å². The number of amides is 1. The summed E-state index contributed by atoms with van der Waals surface area (Å²) in [7, 11) is 1.33. The van der Waals surface area contributed by atoms with Gasteiger partial charge >= 0.3 is 5.97 Å². The number of benzene rings is 2. The minimum atomic E-state index is -0.725. The fourth-order valence-corrected chi connectivity index (χ4v) is 2.90. The minimum Gasteiger partial charge on any atom is -0.467 e. The first-order valence-corrected chi connectivity index (χ1v) is 9.23. The van der Waals surface area contributed by atoms with Gasteiger partial charge in [-0.1, -0.05) is 62.4 Å². The fraction of sp³-hybridized carbons (Fsp3) is 0.364. The molecule has 0 spiro atoms. The van der Waals surface area contributed by atoms with Gasteiger partial charge in [0, 0.05) is 12.1 Å². The molecule has 2 aromatic rings. The zero-order chi connectivity index (χ0) is 19.6. The second kappa shape index (κ2) is 10.4. The Morgan fingerprint density at radius 2 is 1.52 bits per heavy atom. The van der Waals surface area contributed by atoms with Gasteiger partial charge < -0.3 is 15.4 Å². The molecule has 0 saturated heterocycles. The molecule has 0 aliphatic carbocycles. The standard InChI is InChI=1S/C22H28N2O3/c1-16(2)14-19(23-18-12-8-5-9-13-18)21(25)24-20(22(26)27-3)15-17-10-6-4-7-11-17/h4-13,16,19-20,23H,14-15H2,1-3H3,(H,24,25)/t19?,20-/m0/s1. The van der Waals surface area contributed by atoms with Gasteiger partial charge in [-0.2, -0.15) is 0 Å². The fourth-order valence-electron chi connectivity index (χ4n) is 2.90. The van der Waals surface area contributed by atoms with Crippen LogP contribution in [0, 0.1) is 5.92 Å². The summed E-state index contributed by atoms with van der Waals surface area (Å²) >= 11 is 0. The Morgan fingerprint density at radius 3 is 2.07 bits per heavy atom. The van der Waals surface area contributed by atoms with Crippen molar-refractivity contribution in [2.24, 2.45) is 5.92 Å². The third-order valence-electron chi connectivity index (χ3n) is 4.22. The molecule has 2 rings (SSSR count). The van der Waals surface area contributed by atoms with E-state index >= 15 is 0 Å². The second-order valence-electron chi connectivity index (χ2n) is 6.97. The maximum Gasteiger partial charge on any atom is 0.328 e. The third kappa shape index (κ3) is 6.77. The van der Waals surface area contributed by atoms with Crippen molar-refractivity contribution in [3.63, 3.8) is 0 Å². The van der Waals surface area contributed by atoms with Gasteiger partial charge in [-0.15, -0.1) is 0 Å². The maximum atomic E-state index is 12.9. The Morgan fingerprint density at radius 1 is 0.926 bits per heavy atom. The van der Waals surface area contributed by atoms with Crippen LogP contribution in [0.5, 0.6) is 0 Å². The maximum absolute atomic E-state index is 12.9. The quantitative estimate of drug-likeness (QED) is 0.666. The van der Waals surface area contributed by atoms with Crippen molar-refractivity contribution in [2.75, 3.05) is 12.4 Å². The predicted molar refractivity (Wildman–Crippen MR) is 107 cm³/mol. The van der Waals surface area contributed by atoms with E-state index in [-0.39, 0.29) is 5.91 Å². The van der Waals surface area contributed by atoms with Gasteiger partial charge in [-0.3, -0.25) is 4.79 Å². The molecule has 5 heteroatoms. The van der Waals surface area contributed by atoms with E-state index in [0.717, 1.165) is 11.3 Å². The number of rotatable bonds is 9. The lowest BCUT2D eigenvalue weighted by Gasteiger charge is -2.24.